The van der Waals surface area contributed by atoms with Crippen LogP contribution in [0.15, 0.2) is 63.8 Å². The maximum absolute atomic E-state index is 12.6. The molecule has 8 nitrogen and oxygen atoms in total. The summed E-state index contributed by atoms with van der Waals surface area (Å²) in [5, 5.41) is 2.88. The smallest absolute Gasteiger partial charge is 0.408 e. The third-order valence-electron chi connectivity index (χ3n) is 5.27. The summed E-state index contributed by atoms with van der Waals surface area (Å²) >= 11 is 0. The van der Waals surface area contributed by atoms with Crippen molar-refractivity contribution in [3.05, 3.63) is 65.1 Å². The van der Waals surface area contributed by atoms with Gasteiger partial charge in [-0.05, 0) is 24.3 Å². The Balaban J connectivity index is 1.25. The molecular weight excluding hydrogens is 384 g/mol. The van der Waals surface area contributed by atoms with Gasteiger partial charge >= 0.3 is 5.76 Å². The van der Waals surface area contributed by atoms with E-state index in [2.05, 4.69) is 5.32 Å². The first-order chi connectivity index (χ1) is 14.6. The Hall–Kier alpha value is -3.39. The molecule has 1 aromatic heterocycles. The number of carbonyl (C=O) groups excluding carboxylic acids is 2. The van der Waals surface area contributed by atoms with Gasteiger partial charge in [-0.3, -0.25) is 19.1 Å². The Morgan fingerprint density at radius 3 is 2.40 bits per heavy atom. The third-order valence-corrected chi connectivity index (χ3v) is 5.27. The number of para-hydroxylation sites is 3. The Morgan fingerprint density at radius 2 is 1.63 bits per heavy atom. The number of aryl methyl sites for hydroxylation is 1. The van der Waals surface area contributed by atoms with E-state index in [4.69, 9.17) is 4.42 Å². The number of rotatable bonds is 6. The van der Waals surface area contributed by atoms with Gasteiger partial charge in [0.1, 0.15) is 0 Å². The third kappa shape index (κ3) is 4.60. The van der Waals surface area contributed by atoms with Gasteiger partial charge in [-0.2, -0.15) is 0 Å². The lowest BCUT2D eigenvalue weighted by Gasteiger charge is -2.34. The molecule has 0 bridgehead atoms. The molecule has 30 heavy (non-hydrogen) atoms. The van der Waals surface area contributed by atoms with Crippen LogP contribution in [0.1, 0.15) is 6.42 Å². The number of benzene rings is 2. The van der Waals surface area contributed by atoms with Crippen LogP contribution in [0.3, 0.4) is 0 Å². The average Bonchev–Trinajstić information content (AvgIpc) is 3.08. The van der Waals surface area contributed by atoms with Crippen molar-refractivity contribution in [2.24, 2.45) is 0 Å². The number of hydrogen-bond acceptors (Lipinski definition) is 5. The van der Waals surface area contributed by atoms with Gasteiger partial charge in [0.15, 0.2) is 5.58 Å². The van der Waals surface area contributed by atoms with Crippen LogP contribution in [-0.4, -0.2) is 58.9 Å². The molecule has 1 aliphatic heterocycles. The molecule has 4 rings (SSSR count). The summed E-state index contributed by atoms with van der Waals surface area (Å²) in [6, 6.07) is 16.5. The van der Waals surface area contributed by atoms with E-state index in [0.29, 0.717) is 43.8 Å². The fourth-order valence-electron chi connectivity index (χ4n) is 3.67. The van der Waals surface area contributed by atoms with Crippen molar-refractivity contribution in [1.29, 1.82) is 0 Å². The highest BCUT2D eigenvalue weighted by atomic mass is 16.4. The lowest BCUT2D eigenvalue weighted by atomic mass is 10.2. The van der Waals surface area contributed by atoms with Gasteiger partial charge in [0, 0.05) is 44.8 Å². The highest BCUT2D eigenvalue weighted by molar-refractivity contribution is 5.92. The first-order valence-electron chi connectivity index (χ1n) is 10.0. The molecule has 2 amide bonds. The fraction of sp³-hybridized carbons (Fsp3) is 0.318. The first-order valence-corrected chi connectivity index (χ1v) is 10.0. The minimum atomic E-state index is -0.446. The first kappa shape index (κ1) is 19.9. The Labute approximate surface area is 173 Å². The molecule has 3 aromatic rings. The number of amides is 2. The molecule has 1 N–H and O–H groups in total. The predicted octanol–water partition coefficient (Wildman–Crippen LogP) is 1.77. The average molecular weight is 408 g/mol. The van der Waals surface area contributed by atoms with Crippen LogP contribution in [0, 0.1) is 0 Å². The highest BCUT2D eigenvalue weighted by Crippen LogP contribution is 2.13. The highest BCUT2D eigenvalue weighted by Gasteiger charge is 2.22. The van der Waals surface area contributed by atoms with Crippen LogP contribution in [0.25, 0.3) is 11.1 Å². The summed E-state index contributed by atoms with van der Waals surface area (Å²) in [6.45, 7) is 3.00. The summed E-state index contributed by atoms with van der Waals surface area (Å²) in [6.07, 6.45) is 0.234. The zero-order valence-corrected chi connectivity index (χ0v) is 16.6. The molecule has 0 saturated carbocycles. The lowest BCUT2D eigenvalue weighted by Crippen LogP contribution is -2.50. The minimum Gasteiger partial charge on any atom is -0.408 e. The quantitative estimate of drug-likeness (QED) is 0.672. The molecule has 0 aliphatic carbocycles. The molecule has 1 aliphatic rings. The molecule has 8 heteroatoms. The van der Waals surface area contributed by atoms with Gasteiger partial charge in [-0.1, -0.05) is 30.3 Å². The van der Waals surface area contributed by atoms with Gasteiger partial charge in [0.2, 0.25) is 11.8 Å². The SMILES string of the molecule is O=C(CN1CCN(C(=O)CCn2c(=O)oc3ccccc32)CC1)Nc1ccccc1. The van der Waals surface area contributed by atoms with Crippen molar-refractivity contribution in [3.8, 4) is 0 Å². The van der Waals surface area contributed by atoms with Gasteiger partial charge in [-0.15, -0.1) is 0 Å². The van der Waals surface area contributed by atoms with Crippen molar-refractivity contribution in [2.45, 2.75) is 13.0 Å². The van der Waals surface area contributed by atoms with E-state index in [9.17, 15) is 14.4 Å². The number of fused-ring (bicyclic) bond motifs is 1. The number of hydrogen-bond donors (Lipinski definition) is 1. The topological polar surface area (TPSA) is 87.8 Å². The monoisotopic (exact) mass is 408 g/mol. The van der Waals surface area contributed by atoms with E-state index >= 15 is 0 Å². The zero-order valence-electron chi connectivity index (χ0n) is 16.6. The van der Waals surface area contributed by atoms with E-state index in [0.717, 1.165) is 5.69 Å². The molecule has 0 spiro atoms. The van der Waals surface area contributed by atoms with Crippen LogP contribution in [0.4, 0.5) is 5.69 Å². The molecule has 0 unspecified atom stereocenters. The molecule has 2 heterocycles. The van der Waals surface area contributed by atoms with Crippen molar-refractivity contribution in [2.75, 3.05) is 38.0 Å². The van der Waals surface area contributed by atoms with Gasteiger partial charge in [-0.25, -0.2) is 4.79 Å². The summed E-state index contributed by atoms with van der Waals surface area (Å²) in [5.41, 5.74) is 2.00. The van der Waals surface area contributed by atoms with E-state index < -0.39 is 5.76 Å². The summed E-state index contributed by atoms with van der Waals surface area (Å²) < 4.78 is 6.71. The van der Waals surface area contributed by atoms with Crippen LogP contribution >= 0.6 is 0 Å². The molecule has 1 saturated heterocycles. The zero-order chi connectivity index (χ0) is 20.9. The predicted molar refractivity (Wildman–Crippen MR) is 113 cm³/mol. The largest absolute Gasteiger partial charge is 0.419 e. The van der Waals surface area contributed by atoms with Crippen LogP contribution in [0.5, 0.6) is 0 Å². The molecule has 2 aromatic carbocycles. The number of anilines is 1. The second kappa shape index (κ2) is 8.96. The van der Waals surface area contributed by atoms with E-state index in [-0.39, 0.29) is 24.8 Å². The Bertz CT molecular complexity index is 1080. The van der Waals surface area contributed by atoms with Gasteiger partial charge in [0.05, 0.1) is 12.1 Å². The normalized spacial score (nSPS) is 14.7. The maximum Gasteiger partial charge on any atom is 0.419 e. The van der Waals surface area contributed by atoms with Crippen LogP contribution < -0.4 is 11.1 Å². The Kier molecular flexibility index (Phi) is 5.94. The van der Waals surface area contributed by atoms with Crippen molar-refractivity contribution < 1.29 is 14.0 Å². The summed E-state index contributed by atoms with van der Waals surface area (Å²) in [7, 11) is 0. The molecular formula is C22H24N4O4. The fourth-order valence-corrected chi connectivity index (χ4v) is 3.67. The summed E-state index contributed by atoms with van der Waals surface area (Å²) in [4.78, 5) is 40.6. The number of aromatic nitrogens is 1. The number of carbonyl (C=O) groups is 2. The Morgan fingerprint density at radius 1 is 0.933 bits per heavy atom. The van der Waals surface area contributed by atoms with Crippen LogP contribution in [-0.2, 0) is 16.1 Å². The number of piperazine rings is 1. The van der Waals surface area contributed by atoms with Crippen molar-refractivity contribution in [1.82, 2.24) is 14.4 Å². The molecule has 0 radical (unpaired) electrons. The number of oxazole rings is 1. The second-order valence-electron chi connectivity index (χ2n) is 7.31. The standard InChI is InChI=1S/C22H24N4O4/c27-20(23-17-6-2-1-3-7-17)16-24-12-14-25(15-13-24)21(28)10-11-26-18-8-4-5-9-19(18)30-22(26)29/h1-9H,10-16H2,(H,23,27). The van der Waals surface area contributed by atoms with Crippen molar-refractivity contribution in [3.63, 3.8) is 0 Å². The van der Waals surface area contributed by atoms with Gasteiger partial charge in [0.25, 0.3) is 0 Å². The number of nitrogens with zero attached hydrogens (tertiary/aromatic N) is 3. The molecule has 0 atom stereocenters. The van der Waals surface area contributed by atoms with E-state index in [1.54, 1.807) is 17.0 Å². The van der Waals surface area contributed by atoms with Gasteiger partial charge < -0.3 is 14.6 Å². The minimum absolute atomic E-state index is 0.000526. The van der Waals surface area contributed by atoms with Crippen molar-refractivity contribution >= 4 is 28.6 Å². The summed E-state index contributed by atoms with van der Waals surface area (Å²) in [5.74, 6) is -0.508. The lowest BCUT2D eigenvalue weighted by molar-refractivity contribution is -0.133. The van der Waals surface area contributed by atoms with Crippen LogP contribution in [0.2, 0.25) is 0 Å². The maximum atomic E-state index is 12.6. The van der Waals surface area contributed by atoms with E-state index in [1.165, 1.54) is 4.57 Å². The number of nitrogens with one attached hydrogen (secondary N) is 1. The second-order valence-corrected chi connectivity index (χ2v) is 7.31. The van der Waals surface area contributed by atoms with E-state index in [1.807, 2.05) is 47.4 Å². The molecule has 1 fully saturated rings. The molecule has 156 valence electrons.